The van der Waals surface area contributed by atoms with Crippen LogP contribution >= 0.6 is 15.9 Å². The van der Waals surface area contributed by atoms with Crippen LogP contribution in [0.5, 0.6) is 0 Å². The van der Waals surface area contributed by atoms with Crippen LogP contribution < -0.4 is 5.32 Å². The van der Waals surface area contributed by atoms with Gasteiger partial charge in [0, 0.05) is 23.8 Å². The summed E-state index contributed by atoms with van der Waals surface area (Å²) in [5, 5.41) is 11.8. The zero-order valence-corrected chi connectivity index (χ0v) is 9.47. The van der Waals surface area contributed by atoms with E-state index >= 15 is 0 Å². The molecule has 0 fully saturated rings. The van der Waals surface area contributed by atoms with Crippen molar-refractivity contribution in [2.45, 2.75) is 0 Å². The molecule has 0 aromatic heterocycles. The third-order valence-corrected chi connectivity index (χ3v) is 2.38. The van der Waals surface area contributed by atoms with Crippen LogP contribution in [0.25, 0.3) is 0 Å². The molecular weight excluding hydrogens is 244 g/mol. The molecule has 1 N–H and O–H groups in total. The molecule has 0 aliphatic rings. The zero-order chi connectivity index (χ0) is 10.4. The highest BCUT2D eigenvalue weighted by Crippen LogP contribution is 2.22. The quantitative estimate of drug-likeness (QED) is 0.840. The van der Waals surface area contributed by atoms with Gasteiger partial charge in [-0.05, 0) is 34.1 Å². The number of halogens is 1. The summed E-state index contributed by atoms with van der Waals surface area (Å²) >= 11 is 3.39. The Morgan fingerprint density at radius 3 is 2.93 bits per heavy atom. The van der Waals surface area contributed by atoms with E-state index < -0.39 is 0 Å². The smallest absolute Gasteiger partial charge is 0.0992 e. The van der Waals surface area contributed by atoms with Crippen LogP contribution in [0.3, 0.4) is 0 Å². The number of nitriles is 1. The Morgan fingerprint density at radius 2 is 2.36 bits per heavy atom. The third-order valence-electron chi connectivity index (χ3n) is 1.72. The van der Waals surface area contributed by atoms with Gasteiger partial charge in [0.15, 0.2) is 0 Å². The van der Waals surface area contributed by atoms with Crippen LogP contribution in [-0.2, 0) is 4.74 Å². The van der Waals surface area contributed by atoms with Crippen molar-refractivity contribution in [3.05, 3.63) is 28.2 Å². The number of rotatable bonds is 4. The van der Waals surface area contributed by atoms with E-state index in [1.165, 1.54) is 0 Å². The van der Waals surface area contributed by atoms with E-state index in [1.807, 2.05) is 6.07 Å². The van der Waals surface area contributed by atoms with Gasteiger partial charge in [0.25, 0.3) is 0 Å². The molecule has 3 nitrogen and oxygen atoms in total. The number of ether oxygens (including phenoxy) is 1. The summed E-state index contributed by atoms with van der Waals surface area (Å²) < 4.78 is 5.81. The number of anilines is 1. The van der Waals surface area contributed by atoms with E-state index in [-0.39, 0.29) is 0 Å². The summed E-state index contributed by atoms with van der Waals surface area (Å²) in [4.78, 5) is 0. The third kappa shape index (κ3) is 3.02. The van der Waals surface area contributed by atoms with E-state index in [0.717, 1.165) is 16.7 Å². The van der Waals surface area contributed by atoms with Crippen LogP contribution in [0.2, 0.25) is 0 Å². The first-order valence-corrected chi connectivity index (χ1v) is 4.99. The summed E-state index contributed by atoms with van der Waals surface area (Å²) in [6.45, 7) is 1.41. The largest absolute Gasteiger partial charge is 0.383 e. The molecule has 4 heteroatoms. The molecule has 0 aliphatic carbocycles. The van der Waals surface area contributed by atoms with Crippen LogP contribution in [-0.4, -0.2) is 20.3 Å². The fourth-order valence-corrected chi connectivity index (χ4v) is 1.53. The second-order valence-electron chi connectivity index (χ2n) is 2.73. The van der Waals surface area contributed by atoms with Gasteiger partial charge in [-0.3, -0.25) is 0 Å². The molecule has 14 heavy (non-hydrogen) atoms. The lowest BCUT2D eigenvalue weighted by Gasteiger charge is -2.07. The normalized spacial score (nSPS) is 9.50. The SMILES string of the molecule is COCCNc1ccc(C#N)cc1Br. The predicted molar refractivity (Wildman–Crippen MR) is 59.2 cm³/mol. The van der Waals surface area contributed by atoms with E-state index in [1.54, 1.807) is 19.2 Å². The standard InChI is InChI=1S/C10H11BrN2O/c1-14-5-4-13-10-3-2-8(7-12)6-9(10)11/h2-3,6,13H,4-5H2,1H3. The fourth-order valence-electron chi connectivity index (χ4n) is 1.02. The van der Waals surface area contributed by atoms with Gasteiger partial charge in [0.1, 0.15) is 0 Å². The van der Waals surface area contributed by atoms with Gasteiger partial charge in [-0.15, -0.1) is 0 Å². The average molecular weight is 255 g/mol. The molecule has 1 aromatic rings. The minimum atomic E-state index is 0.647. The van der Waals surface area contributed by atoms with E-state index in [0.29, 0.717) is 12.2 Å². The van der Waals surface area contributed by atoms with Crippen molar-refractivity contribution in [2.24, 2.45) is 0 Å². The molecule has 0 spiro atoms. The highest BCUT2D eigenvalue weighted by atomic mass is 79.9. The lowest BCUT2D eigenvalue weighted by molar-refractivity contribution is 0.211. The maximum Gasteiger partial charge on any atom is 0.0992 e. The number of hydrogen-bond acceptors (Lipinski definition) is 3. The van der Waals surface area contributed by atoms with Gasteiger partial charge in [0.2, 0.25) is 0 Å². The second-order valence-corrected chi connectivity index (χ2v) is 3.58. The molecule has 0 atom stereocenters. The van der Waals surface area contributed by atoms with Crippen molar-refractivity contribution in [3.63, 3.8) is 0 Å². The number of methoxy groups -OCH3 is 1. The summed E-state index contributed by atoms with van der Waals surface area (Å²) in [5.74, 6) is 0. The molecule has 0 amide bonds. The number of nitrogens with one attached hydrogen (secondary N) is 1. The van der Waals surface area contributed by atoms with Gasteiger partial charge in [-0.25, -0.2) is 0 Å². The zero-order valence-electron chi connectivity index (χ0n) is 7.88. The average Bonchev–Trinajstić information content (AvgIpc) is 2.20. The molecular formula is C10H11BrN2O. The highest BCUT2D eigenvalue weighted by Gasteiger charge is 1.99. The summed E-state index contributed by atoms with van der Waals surface area (Å²) in [6.07, 6.45) is 0. The first-order chi connectivity index (χ1) is 6.77. The maximum atomic E-state index is 8.66. The predicted octanol–water partition coefficient (Wildman–Crippen LogP) is 2.38. The molecule has 0 bridgehead atoms. The first kappa shape index (κ1) is 11.0. The van der Waals surface area contributed by atoms with E-state index in [9.17, 15) is 0 Å². The van der Waals surface area contributed by atoms with Gasteiger partial charge >= 0.3 is 0 Å². The summed E-state index contributed by atoms with van der Waals surface area (Å²) in [6, 6.07) is 7.52. The maximum absolute atomic E-state index is 8.66. The summed E-state index contributed by atoms with van der Waals surface area (Å²) in [7, 11) is 1.66. The minimum Gasteiger partial charge on any atom is -0.383 e. The van der Waals surface area contributed by atoms with Gasteiger partial charge in [0.05, 0.1) is 18.2 Å². The minimum absolute atomic E-state index is 0.647. The van der Waals surface area contributed by atoms with Crippen molar-refractivity contribution < 1.29 is 4.74 Å². The highest BCUT2D eigenvalue weighted by molar-refractivity contribution is 9.10. The van der Waals surface area contributed by atoms with Crippen LogP contribution in [0.4, 0.5) is 5.69 Å². The van der Waals surface area contributed by atoms with E-state index in [4.69, 9.17) is 10.00 Å². The number of hydrogen-bond donors (Lipinski definition) is 1. The Labute approximate surface area is 91.8 Å². The molecule has 0 saturated carbocycles. The number of nitrogens with zero attached hydrogens (tertiary/aromatic N) is 1. The molecule has 0 saturated heterocycles. The molecule has 1 rings (SSSR count). The van der Waals surface area contributed by atoms with Crippen molar-refractivity contribution in [1.82, 2.24) is 0 Å². The van der Waals surface area contributed by atoms with Crippen molar-refractivity contribution >= 4 is 21.6 Å². The van der Waals surface area contributed by atoms with Gasteiger partial charge < -0.3 is 10.1 Å². The van der Waals surface area contributed by atoms with Crippen molar-refractivity contribution in [3.8, 4) is 6.07 Å². The second kappa shape index (κ2) is 5.63. The topological polar surface area (TPSA) is 45.0 Å². The lowest BCUT2D eigenvalue weighted by atomic mass is 10.2. The molecule has 0 aliphatic heterocycles. The lowest BCUT2D eigenvalue weighted by Crippen LogP contribution is -2.07. The molecule has 0 radical (unpaired) electrons. The van der Waals surface area contributed by atoms with Crippen molar-refractivity contribution in [2.75, 3.05) is 25.6 Å². The summed E-state index contributed by atoms with van der Waals surface area (Å²) in [5.41, 5.74) is 1.62. The van der Waals surface area contributed by atoms with Crippen LogP contribution in [0.1, 0.15) is 5.56 Å². The Kier molecular flexibility index (Phi) is 4.44. The monoisotopic (exact) mass is 254 g/mol. The Hall–Kier alpha value is -1.05. The van der Waals surface area contributed by atoms with E-state index in [2.05, 4.69) is 27.3 Å². The van der Waals surface area contributed by atoms with Crippen molar-refractivity contribution in [1.29, 1.82) is 5.26 Å². The fraction of sp³-hybridized carbons (Fsp3) is 0.300. The Morgan fingerprint density at radius 1 is 1.57 bits per heavy atom. The number of benzene rings is 1. The molecule has 1 aromatic carbocycles. The Balaban J connectivity index is 2.65. The van der Waals surface area contributed by atoms with Crippen LogP contribution in [0, 0.1) is 11.3 Å². The molecule has 0 heterocycles. The Bertz CT molecular complexity index is 346. The first-order valence-electron chi connectivity index (χ1n) is 4.20. The molecule has 74 valence electrons. The molecule has 0 unspecified atom stereocenters. The van der Waals surface area contributed by atoms with Gasteiger partial charge in [-0.1, -0.05) is 0 Å². The van der Waals surface area contributed by atoms with Gasteiger partial charge in [-0.2, -0.15) is 5.26 Å². The van der Waals surface area contributed by atoms with Crippen LogP contribution in [0.15, 0.2) is 22.7 Å².